The second-order valence-electron chi connectivity index (χ2n) is 11.3. The largest absolute Gasteiger partial charge is 0.479 e. The molecule has 0 fully saturated rings. The molecule has 11 nitrogen and oxygen atoms in total. The van der Waals surface area contributed by atoms with Crippen molar-refractivity contribution in [2.75, 3.05) is 19.7 Å². The summed E-state index contributed by atoms with van der Waals surface area (Å²) in [6.45, 7) is 4.71. The normalized spacial score (nSPS) is 16.0. The van der Waals surface area contributed by atoms with Gasteiger partial charge in [-0.1, -0.05) is 48.5 Å². The van der Waals surface area contributed by atoms with E-state index in [4.69, 9.17) is 15.2 Å². The molecule has 0 saturated heterocycles. The molecular formula is C31H35N3O8. The Hall–Kier alpha value is -4.51. The minimum absolute atomic E-state index is 0.0484. The van der Waals surface area contributed by atoms with Crippen LogP contribution in [0.3, 0.4) is 0 Å². The van der Waals surface area contributed by atoms with Gasteiger partial charge in [0.25, 0.3) is 0 Å². The van der Waals surface area contributed by atoms with E-state index in [9.17, 15) is 29.1 Å². The van der Waals surface area contributed by atoms with E-state index in [1.165, 1.54) is 0 Å². The molecular weight excluding hydrogens is 542 g/mol. The first-order chi connectivity index (χ1) is 19.8. The van der Waals surface area contributed by atoms with E-state index in [2.05, 4.69) is 5.32 Å². The van der Waals surface area contributed by atoms with Crippen molar-refractivity contribution in [3.05, 3.63) is 71.4 Å². The van der Waals surface area contributed by atoms with E-state index in [0.29, 0.717) is 0 Å². The van der Waals surface area contributed by atoms with Gasteiger partial charge in [0, 0.05) is 24.1 Å². The maximum Gasteiger partial charge on any atom is 0.410 e. The number of hydrogen-bond acceptors (Lipinski definition) is 9. The van der Waals surface area contributed by atoms with Crippen molar-refractivity contribution in [1.29, 1.82) is 0 Å². The number of nitrogens with one attached hydrogen (secondary N) is 1. The van der Waals surface area contributed by atoms with Crippen LogP contribution in [0.4, 0.5) is 4.79 Å². The minimum atomic E-state index is -1.79. The van der Waals surface area contributed by atoms with E-state index in [-0.39, 0.29) is 44.2 Å². The van der Waals surface area contributed by atoms with E-state index in [1.54, 1.807) is 20.8 Å². The predicted molar refractivity (Wildman–Crippen MR) is 152 cm³/mol. The molecule has 1 heterocycles. The molecule has 1 aliphatic carbocycles. The van der Waals surface area contributed by atoms with Crippen LogP contribution in [-0.2, 0) is 28.7 Å². The first-order valence-electron chi connectivity index (χ1n) is 13.7. The Kier molecular flexibility index (Phi) is 9.11. The highest BCUT2D eigenvalue weighted by atomic mass is 16.6. The Morgan fingerprint density at radius 3 is 2.19 bits per heavy atom. The predicted octanol–water partition coefficient (Wildman–Crippen LogP) is 2.77. The molecule has 2 atom stereocenters. The number of carboxylic acid groups (broad SMARTS) is 1. The Labute approximate surface area is 243 Å². The van der Waals surface area contributed by atoms with Gasteiger partial charge in [0.2, 0.25) is 0 Å². The lowest BCUT2D eigenvalue weighted by Gasteiger charge is -2.29. The van der Waals surface area contributed by atoms with Crippen molar-refractivity contribution in [1.82, 2.24) is 10.2 Å². The molecule has 222 valence electrons. The van der Waals surface area contributed by atoms with E-state index >= 15 is 0 Å². The van der Waals surface area contributed by atoms with E-state index in [0.717, 1.165) is 33.2 Å². The third-order valence-electron chi connectivity index (χ3n) is 6.94. The molecule has 2 aromatic carbocycles. The lowest BCUT2D eigenvalue weighted by molar-refractivity contribution is -0.155. The number of ether oxygens (including phenoxy) is 2. The number of nitrogens with two attached hydrogens (primary N) is 1. The fraction of sp³-hybridized carbons (Fsp3) is 0.387. The summed E-state index contributed by atoms with van der Waals surface area (Å²) in [4.78, 5) is 63.4. The van der Waals surface area contributed by atoms with Crippen LogP contribution in [-0.4, -0.2) is 77.0 Å². The number of ketones is 2. The van der Waals surface area contributed by atoms with Crippen LogP contribution < -0.4 is 11.1 Å². The number of fused-ring (bicyclic) bond motifs is 3. The van der Waals surface area contributed by atoms with Gasteiger partial charge < -0.3 is 25.6 Å². The van der Waals surface area contributed by atoms with Gasteiger partial charge >= 0.3 is 18.0 Å². The average Bonchev–Trinajstić information content (AvgIpc) is 3.25. The van der Waals surface area contributed by atoms with Crippen molar-refractivity contribution in [2.45, 2.75) is 57.2 Å². The molecule has 0 radical (unpaired) electrons. The number of benzene rings is 2. The van der Waals surface area contributed by atoms with Crippen LogP contribution in [0.15, 0.2) is 60.3 Å². The molecule has 1 aliphatic heterocycles. The molecule has 0 aromatic heterocycles. The Morgan fingerprint density at radius 1 is 1.02 bits per heavy atom. The van der Waals surface area contributed by atoms with Crippen molar-refractivity contribution in [3.63, 3.8) is 0 Å². The van der Waals surface area contributed by atoms with Gasteiger partial charge in [-0.25, -0.2) is 9.59 Å². The molecule has 0 spiro atoms. The zero-order valence-corrected chi connectivity index (χ0v) is 23.8. The fourth-order valence-corrected chi connectivity index (χ4v) is 5.10. The van der Waals surface area contributed by atoms with Gasteiger partial charge in [-0.2, -0.15) is 0 Å². The standard InChI is InChI=1S/C31H35N3O8/c1-31(2,3)42-26(36)13-12-25(32)28(37)27(29(38)39)33-18-14-19(35)16-34(15-18)30(40)41-17-24-22-10-6-4-8-20(22)21-9-5-7-11-23(21)24/h4-11,14,24-25,27,33H,12-13,15-17,32H2,1-3H3,(H,38,39)/t25-,27-/m0/s1. The van der Waals surface area contributed by atoms with Gasteiger partial charge in [0.15, 0.2) is 17.6 Å². The van der Waals surface area contributed by atoms with Gasteiger partial charge in [-0.15, -0.1) is 0 Å². The number of Topliss-reactive ketones (excluding diaryl/α,β-unsaturated/α-hetero) is 1. The summed E-state index contributed by atoms with van der Waals surface area (Å²) in [5.41, 5.74) is 9.48. The Morgan fingerprint density at radius 2 is 1.62 bits per heavy atom. The number of nitrogens with zero attached hydrogens (tertiary/aromatic N) is 1. The number of carbonyl (C=O) groups excluding carboxylic acids is 4. The lowest BCUT2D eigenvalue weighted by atomic mass is 9.98. The molecule has 0 unspecified atom stereocenters. The van der Waals surface area contributed by atoms with E-state index < -0.39 is 47.3 Å². The van der Waals surface area contributed by atoms with Crippen molar-refractivity contribution in [3.8, 4) is 11.1 Å². The Bertz CT molecular complexity index is 1380. The van der Waals surface area contributed by atoms with Crippen molar-refractivity contribution in [2.24, 2.45) is 5.73 Å². The highest BCUT2D eigenvalue weighted by molar-refractivity contribution is 6.05. The molecule has 1 amide bonds. The summed E-state index contributed by atoms with van der Waals surface area (Å²) < 4.78 is 10.8. The quantitative estimate of drug-likeness (QED) is 0.282. The third kappa shape index (κ3) is 7.22. The van der Waals surface area contributed by atoms with Crippen LogP contribution in [0.1, 0.15) is 50.7 Å². The summed E-state index contributed by atoms with van der Waals surface area (Å²) in [5, 5.41) is 12.3. The van der Waals surface area contributed by atoms with Gasteiger partial charge in [0.05, 0.1) is 19.1 Å². The topological polar surface area (TPSA) is 165 Å². The van der Waals surface area contributed by atoms with Crippen LogP contribution in [0.5, 0.6) is 0 Å². The highest BCUT2D eigenvalue weighted by Gasteiger charge is 2.35. The second kappa shape index (κ2) is 12.6. The first-order valence-corrected chi connectivity index (χ1v) is 13.7. The number of carbonyl (C=O) groups is 5. The molecule has 4 rings (SSSR count). The molecule has 11 heteroatoms. The lowest BCUT2D eigenvalue weighted by Crippen LogP contribution is -2.53. The molecule has 42 heavy (non-hydrogen) atoms. The second-order valence-corrected chi connectivity index (χ2v) is 11.3. The first kappa shape index (κ1) is 30.4. The number of amides is 1. The highest BCUT2D eigenvalue weighted by Crippen LogP contribution is 2.44. The molecule has 2 aliphatic rings. The zero-order valence-electron chi connectivity index (χ0n) is 23.8. The summed E-state index contributed by atoms with van der Waals surface area (Å²) in [6.07, 6.45) is 0.115. The number of esters is 1. The van der Waals surface area contributed by atoms with Crippen molar-refractivity contribution < 1.29 is 38.6 Å². The molecule has 4 N–H and O–H groups in total. The van der Waals surface area contributed by atoms with Crippen LogP contribution in [0, 0.1) is 0 Å². The maximum atomic E-state index is 13.0. The number of rotatable bonds is 10. The summed E-state index contributed by atoms with van der Waals surface area (Å²) >= 11 is 0. The van der Waals surface area contributed by atoms with Gasteiger partial charge in [-0.3, -0.25) is 19.3 Å². The third-order valence-corrected chi connectivity index (χ3v) is 6.94. The number of aliphatic carboxylic acids is 1. The summed E-state index contributed by atoms with van der Waals surface area (Å²) in [5.74, 6) is -3.60. The van der Waals surface area contributed by atoms with Crippen LogP contribution >= 0.6 is 0 Å². The molecule has 0 bridgehead atoms. The average molecular weight is 578 g/mol. The summed E-state index contributed by atoms with van der Waals surface area (Å²) in [6, 6.07) is 12.7. The van der Waals surface area contributed by atoms with Gasteiger partial charge in [0.1, 0.15) is 12.2 Å². The fourth-order valence-electron chi connectivity index (χ4n) is 5.10. The molecule has 0 saturated carbocycles. The maximum absolute atomic E-state index is 13.0. The molecule has 2 aromatic rings. The number of carboxylic acids is 1. The van der Waals surface area contributed by atoms with Crippen molar-refractivity contribution >= 4 is 29.6 Å². The zero-order chi connectivity index (χ0) is 30.6. The monoisotopic (exact) mass is 577 g/mol. The van der Waals surface area contributed by atoms with E-state index in [1.807, 2.05) is 48.5 Å². The van der Waals surface area contributed by atoms with Crippen LogP contribution in [0.25, 0.3) is 11.1 Å². The number of hydrogen-bond donors (Lipinski definition) is 3. The SMILES string of the molecule is CC(C)(C)OC(=O)CC[C@H](N)C(=O)[C@H](NC1=CC(=O)CN(C(=O)OCC2c3ccccc3-c3ccccc32)C1)C(=O)O. The Balaban J connectivity index is 1.37. The van der Waals surface area contributed by atoms with Crippen LogP contribution in [0.2, 0.25) is 0 Å². The smallest absolute Gasteiger partial charge is 0.410 e. The summed E-state index contributed by atoms with van der Waals surface area (Å²) in [7, 11) is 0. The van der Waals surface area contributed by atoms with Gasteiger partial charge in [-0.05, 0) is 49.4 Å². The minimum Gasteiger partial charge on any atom is -0.479 e.